The van der Waals surface area contributed by atoms with E-state index in [2.05, 4.69) is 20.0 Å². The van der Waals surface area contributed by atoms with Gasteiger partial charge in [0, 0.05) is 18.6 Å². The molecule has 4 heterocycles. The number of nitrogens with zero attached hydrogens (tertiary/aromatic N) is 3. The topological polar surface area (TPSA) is 123 Å². The predicted octanol–water partition coefficient (Wildman–Crippen LogP) is 4.73. The first-order valence-corrected chi connectivity index (χ1v) is 15.3. The first-order valence-electron chi connectivity index (χ1n) is 13.8. The lowest BCUT2D eigenvalue weighted by Crippen LogP contribution is -2.47. The number of ether oxygens (including phenoxy) is 2. The standard InChI is InChI=1S/C28H36F3N5O5S/c1-24(2,3)35-42(38,39)21-8-6-7-20(33-21)34-23(37)18-9-10-19(27(28(29,30)31)17-40-25(4,5)41-27)32-22(18)36-15-13-26(11-12-26)14-16-36/h6-10,35H,11-17H2,1-5H3,(H,33,34,37). The minimum atomic E-state index is -4.84. The van der Waals surface area contributed by atoms with Crippen molar-refractivity contribution < 1.29 is 35.9 Å². The number of amides is 1. The largest absolute Gasteiger partial charge is 0.425 e. The zero-order valence-electron chi connectivity index (χ0n) is 24.3. The number of nitrogens with one attached hydrogen (secondary N) is 2. The molecule has 42 heavy (non-hydrogen) atoms. The summed E-state index contributed by atoms with van der Waals surface area (Å²) in [6, 6.07) is 6.59. The maximum Gasteiger partial charge on any atom is 0.425 e. The van der Waals surface area contributed by atoms with Gasteiger partial charge in [-0.25, -0.2) is 23.1 Å². The fraction of sp³-hybridized carbons (Fsp3) is 0.607. The van der Waals surface area contributed by atoms with E-state index in [1.165, 1.54) is 38.1 Å². The van der Waals surface area contributed by atoms with E-state index in [4.69, 9.17) is 9.47 Å². The van der Waals surface area contributed by atoms with Gasteiger partial charge in [0.1, 0.15) is 11.6 Å². The molecule has 1 aliphatic carbocycles. The van der Waals surface area contributed by atoms with Gasteiger partial charge in [-0.3, -0.25) is 4.79 Å². The number of hydrogen-bond donors (Lipinski definition) is 2. The summed E-state index contributed by atoms with van der Waals surface area (Å²) in [6.45, 7) is 8.15. The fourth-order valence-corrected chi connectivity index (χ4v) is 6.79. The highest BCUT2D eigenvalue weighted by Crippen LogP contribution is 2.54. The minimum absolute atomic E-state index is 0.0314. The summed E-state index contributed by atoms with van der Waals surface area (Å²) in [4.78, 5) is 23.9. The normalized spacial score (nSPS) is 23.7. The van der Waals surface area contributed by atoms with E-state index in [1.54, 1.807) is 20.8 Å². The summed E-state index contributed by atoms with van der Waals surface area (Å²) in [5.74, 6) is -2.12. The van der Waals surface area contributed by atoms with Crippen molar-refractivity contribution in [2.75, 3.05) is 29.9 Å². The Labute approximate surface area is 243 Å². The van der Waals surface area contributed by atoms with Gasteiger partial charge in [-0.15, -0.1) is 0 Å². The van der Waals surface area contributed by atoms with E-state index in [0.717, 1.165) is 31.7 Å². The van der Waals surface area contributed by atoms with Crippen LogP contribution in [0, 0.1) is 5.41 Å². The Balaban J connectivity index is 1.50. The molecule has 2 N–H and O–H groups in total. The molecule has 230 valence electrons. The van der Waals surface area contributed by atoms with Crippen LogP contribution in [0.15, 0.2) is 35.4 Å². The third-order valence-electron chi connectivity index (χ3n) is 7.80. The van der Waals surface area contributed by atoms with Crippen LogP contribution in [-0.2, 0) is 25.1 Å². The molecule has 2 saturated heterocycles. The molecule has 1 amide bonds. The zero-order chi connectivity index (χ0) is 30.8. The Morgan fingerprint density at radius 1 is 1.00 bits per heavy atom. The molecule has 0 radical (unpaired) electrons. The second-order valence-electron chi connectivity index (χ2n) is 12.8. The van der Waals surface area contributed by atoms with Gasteiger partial charge in [-0.2, -0.15) is 13.2 Å². The Kier molecular flexibility index (Phi) is 7.39. The summed E-state index contributed by atoms with van der Waals surface area (Å²) in [7, 11) is -3.98. The lowest BCUT2D eigenvalue weighted by molar-refractivity contribution is -0.291. The predicted molar refractivity (Wildman–Crippen MR) is 148 cm³/mol. The van der Waals surface area contributed by atoms with Crippen molar-refractivity contribution in [2.45, 2.75) is 88.4 Å². The molecule has 0 aromatic carbocycles. The van der Waals surface area contributed by atoms with E-state index in [-0.39, 0.29) is 27.6 Å². The SMILES string of the molecule is CC(C)(C)NS(=O)(=O)c1cccc(NC(=O)c2ccc(C3(C(F)(F)F)COC(C)(C)O3)nc2N2CCC3(CC2)CC3)n1. The van der Waals surface area contributed by atoms with Crippen molar-refractivity contribution in [2.24, 2.45) is 5.41 Å². The quantitative estimate of drug-likeness (QED) is 0.481. The van der Waals surface area contributed by atoms with Gasteiger partial charge >= 0.3 is 6.18 Å². The fourth-order valence-electron chi connectivity index (χ4n) is 5.40. The lowest BCUT2D eigenvalue weighted by Gasteiger charge is -2.35. The van der Waals surface area contributed by atoms with Crippen molar-refractivity contribution in [1.29, 1.82) is 0 Å². The van der Waals surface area contributed by atoms with E-state index < -0.39 is 51.3 Å². The minimum Gasteiger partial charge on any atom is -0.356 e. The van der Waals surface area contributed by atoms with Crippen LogP contribution in [0.1, 0.15) is 76.4 Å². The lowest BCUT2D eigenvalue weighted by atomic mass is 9.93. The maximum absolute atomic E-state index is 14.5. The number of alkyl halides is 3. The molecule has 1 saturated carbocycles. The number of piperidine rings is 1. The summed E-state index contributed by atoms with van der Waals surface area (Å²) >= 11 is 0. The average Bonchev–Trinajstić information content (AvgIpc) is 3.53. The van der Waals surface area contributed by atoms with Crippen LogP contribution in [0.2, 0.25) is 0 Å². The molecule has 1 spiro atoms. The number of anilines is 2. The molecule has 3 fully saturated rings. The highest BCUT2D eigenvalue weighted by Gasteiger charge is 2.65. The summed E-state index contributed by atoms with van der Waals surface area (Å²) in [6.07, 6.45) is -0.910. The molecule has 2 aromatic rings. The van der Waals surface area contributed by atoms with Crippen molar-refractivity contribution >= 4 is 27.6 Å². The number of carbonyl (C=O) groups excluding carboxylic acids is 1. The molecule has 2 aromatic heterocycles. The van der Waals surface area contributed by atoms with Crippen LogP contribution in [0.3, 0.4) is 0 Å². The number of pyridine rings is 2. The highest BCUT2D eigenvalue weighted by molar-refractivity contribution is 7.89. The molecule has 3 aliphatic rings. The van der Waals surface area contributed by atoms with Gasteiger partial charge in [0.2, 0.25) is 5.60 Å². The van der Waals surface area contributed by atoms with Crippen LogP contribution in [0.4, 0.5) is 24.8 Å². The monoisotopic (exact) mass is 611 g/mol. The van der Waals surface area contributed by atoms with Gasteiger partial charge in [0.15, 0.2) is 10.8 Å². The number of aromatic nitrogens is 2. The first kappa shape index (κ1) is 30.6. The van der Waals surface area contributed by atoms with Crippen LogP contribution in [0.5, 0.6) is 0 Å². The van der Waals surface area contributed by atoms with Gasteiger partial charge in [-0.05, 0) is 90.0 Å². The molecule has 10 nitrogen and oxygen atoms in total. The van der Waals surface area contributed by atoms with Crippen LogP contribution >= 0.6 is 0 Å². The van der Waals surface area contributed by atoms with E-state index in [9.17, 15) is 26.4 Å². The second kappa shape index (κ2) is 10.1. The van der Waals surface area contributed by atoms with Gasteiger partial charge < -0.3 is 19.7 Å². The van der Waals surface area contributed by atoms with Crippen LogP contribution < -0.4 is 14.9 Å². The average molecular weight is 612 g/mol. The van der Waals surface area contributed by atoms with Crippen molar-refractivity contribution in [3.8, 4) is 0 Å². The van der Waals surface area contributed by atoms with Crippen LogP contribution in [-0.4, -0.2) is 61.5 Å². The maximum atomic E-state index is 14.5. The molecule has 1 unspecified atom stereocenters. The van der Waals surface area contributed by atoms with E-state index >= 15 is 0 Å². The third kappa shape index (κ3) is 6.12. The van der Waals surface area contributed by atoms with Crippen molar-refractivity contribution in [1.82, 2.24) is 14.7 Å². The van der Waals surface area contributed by atoms with Crippen molar-refractivity contribution in [3.05, 3.63) is 41.6 Å². The zero-order valence-corrected chi connectivity index (χ0v) is 25.1. The molecule has 5 rings (SSSR count). The smallest absolute Gasteiger partial charge is 0.356 e. The molecular weight excluding hydrogens is 575 g/mol. The Bertz CT molecular complexity index is 1480. The summed E-state index contributed by atoms with van der Waals surface area (Å²) in [5, 5.41) is 2.31. The van der Waals surface area contributed by atoms with Crippen molar-refractivity contribution in [3.63, 3.8) is 0 Å². The number of carbonyl (C=O) groups is 1. The van der Waals surface area contributed by atoms with Gasteiger partial charge in [-0.1, -0.05) is 6.07 Å². The second-order valence-corrected chi connectivity index (χ2v) is 14.5. The number of rotatable bonds is 6. The number of halogens is 3. The summed E-state index contributed by atoms with van der Waals surface area (Å²) < 4.78 is 82.4. The molecule has 1 atom stereocenters. The number of sulfonamides is 1. The molecule has 2 aliphatic heterocycles. The molecule has 14 heteroatoms. The Morgan fingerprint density at radius 2 is 1.67 bits per heavy atom. The van der Waals surface area contributed by atoms with Gasteiger partial charge in [0.05, 0.1) is 17.9 Å². The first-order chi connectivity index (χ1) is 19.3. The molecule has 0 bridgehead atoms. The van der Waals surface area contributed by atoms with E-state index in [0.29, 0.717) is 13.1 Å². The molecular formula is C28H36F3N5O5S. The van der Waals surface area contributed by atoms with E-state index in [1.807, 2.05) is 4.90 Å². The van der Waals surface area contributed by atoms with Crippen LogP contribution in [0.25, 0.3) is 0 Å². The Morgan fingerprint density at radius 3 is 2.21 bits per heavy atom. The number of hydrogen-bond acceptors (Lipinski definition) is 8. The summed E-state index contributed by atoms with van der Waals surface area (Å²) in [5.41, 5.74) is -3.67. The Hall–Kier alpha value is -2.81. The third-order valence-corrected chi connectivity index (χ3v) is 9.46. The van der Waals surface area contributed by atoms with Gasteiger partial charge in [0.25, 0.3) is 15.9 Å². The highest BCUT2D eigenvalue weighted by atomic mass is 32.2.